The third kappa shape index (κ3) is 6.50. The molecule has 0 spiro atoms. The Hall–Kier alpha value is -3.99. The molecular weight excluding hydrogens is 412 g/mol. The lowest BCUT2D eigenvalue weighted by atomic mass is 10.1. The lowest BCUT2D eigenvalue weighted by molar-refractivity contribution is 0.201. The van der Waals surface area contributed by atoms with Gasteiger partial charge in [-0.1, -0.05) is 61.5 Å². The van der Waals surface area contributed by atoms with Crippen molar-refractivity contribution < 1.29 is 13.9 Å². The van der Waals surface area contributed by atoms with Crippen LogP contribution in [0.5, 0.6) is 5.75 Å². The molecule has 3 aromatic carbocycles. The Morgan fingerprint density at radius 3 is 2.36 bits per heavy atom. The highest BCUT2D eigenvalue weighted by atomic mass is 16.5. The molecule has 5 heteroatoms. The van der Waals surface area contributed by atoms with Crippen molar-refractivity contribution in [3.05, 3.63) is 120 Å². The molecule has 0 bridgehead atoms. The third-order valence-electron chi connectivity index (χ3n) is 5.35. The minimum absolute atomic E-state index is 0.189. The number of rotatable bonds is 9. The lowest BCUT2D eigenvalue weighted by Crippen LogP contribution is -2.34. The van der Waals surface area contributed by atoms with Crippen LogP contribution >= 0.6 is 0 Å². The highest BCUT2D eigenvalue weighted by Gasteiger charge is 2.17. The molecule has 0 unspecified atom stereocenters. The first-order valence-corrected chi connectivity index (χ1v) is 11.1. The van der Waals surface area contributed by atoms with Crippen LogP contribution in [0.2, 0.25) is 0 Å². The predicted molar refractivity (Wildman–Crippen MR) is 130 cm³/mol. The second kappa shape index (κ2) is 11.0. The van der Waals surface area contributed by atoms with Crippen molar-refractivity contribution in [3.63, 3.8) is 0 Å². The number of ether oxygens (including phenoxy) is 1. The molecule has 0 radical (unpaired) electrons. The van der Waals surface area contributed by atoms with Crippen molar-refractivity contribution in [2.45, 2.75) is 33.0 Å². The molecular formula is C28H28N2O3. The zero-order valence-corrected chi connectivity index (χ0v) is 18.7. The van der Waals surface area contributed by atoms with Crippen molar-refractivity contribution >= 4 is 11.7 Å². The van der Waals surface area contributed by atoms with Gasteiger partial charge in [-0.05, 0) is 59.5 Å². The monoisotopic (exact) mass is 440 g/mol. The van der Waals surface area contributed by atoms with Crippen LogP contribution in [0.3, 0.4) is 0 Å². The van der Waals surface area contributed by atoms with Gasteiger partial charge in [0.25, 0.3) is 0 Å². The lowest BCUT2D eigenvalue weighted by Gasteiger charge is -2.23. The van der Waals surface area contributed by atoms with Crippen molar-refractivity contribution in [2.75, 3.05) is 5.32 Å². The Morgan fingerprint density at radius 2 is 1.64 bits per heavy atom. The molecule has 33 heavy (non-hydrogen) atoms. The summed E-state index contributed by atoms with van der Waals surface area (Å²) >= 11 is 0. The second-order valence-electron chi connectivity index (χ2n) is 7.84. The quantitative estimate of drug-likeness (QED) is 0.317. The van der Waals surface area contributed by atoms with Gasteiger partial charge in [0.05, 0.1) is 12.8 Å². The Kier molecular flexibility index (Phi) is 7.44. The number of nitrogens with one attached hydrogen (secondary N) is 1. The highest BCUT2D eigenvalue weighted by Crippen LogP contribution is 2.19. The zero-order chi connectivity index (χ0) is 22.9. The molecule has 4 aromatic rings. The van der Waals surface area contributed by atoms with Crippen molar-refractivity contribution in [3.8, 4) is 5.75 Å². The summed E-state index contributed by atoms with van der Waals surface area (Å²) in [7, 11) is 0. The smallest absolute Gasteiger partial charge is 0.322 e. The normalized spacial score (nSPS) is 10.6. The molecule has 0 aliphatic carbocycles. The number of benzene rings is 3. The number of furan rings is 1. The van der Waals surface area contributed by atoms with E-state index in [1.807, 2.05) is 91.0 Å². The summed E-state index contributed by atoms with van der Waals surface area (Å²) in [4.78, 5) is 14.9. The Balaban J connectivity index is 1.45. The number of urea groups is 1. The molecule has 1 aromatic heterocycles. The number of hydrogen-bond acceptors (Lipinski definition) is 3. The first-order valence-electron chi connectivity index (χ1n) is 11.1. The first kappa shape index (κ1) is 22.2. The van der Waals surface area contributed by atoms with E-state index in [0.29, 0.717) is 19.7 Å². The Morgan fingerprint density at radius 1 is 0.848 bits per heavy atom. The summed E-state index contributed by atoms with van der Waals surface area (Å²) in [6.07, 6.45) is 2.58. The number of nitrogens with zero attached hydrogens (tertiary/aromatic N) is 1. The van der Waals surface area contributed by atoms with E-state index in [1.54, 1.807) is 11.2 Å². The van der Waals surface area contributed by atoms with Crippen LogP contribution in [0.4, 0.5) is 10.5 Å². The number of amides is 2. The van der Waals surface area contributed by atoms with E-state index in [1.165, 1.54) is 5.56 Å². The molecule has 2 amide bonds. The van der Waals surface area contributed by atoms with Crippen molar-refractivity contribution in [1.82, 2.24) is 4.90 Å². The van der Waals surface area contributed by atoms with Gasteiger partial charge in [0.15, 0.2) is 0 Å². The first-order chi connectivity index (χ1) is 16.2. The maximum Gasteiger partial charge on any atom is 0.322 e. The molecule has 168 valence electrons. The van der Waals surface area contributed by atoms with E-state index in [-0.39, 0.29) is 6.03 Å². The van der Waals surface area contributed by atoms with Gasteiger partial charge in [0.1, 0.15) is 18.1 Å². The van der Waals surface area contributed by atoms with Crippen LogP contribution in [0, 0.1) is 0 Å². The van der Waals surface area contributed by atoms with Crippen LogP contribution < -0.4 is 10.1 Å². The molecule has 1 N–H and O–H groups in total. The van der Waals surface area contributed by atoms with E-state index in [0.717, 1.165) is 34.7 Å². The Labute approximate surface area is 194 Å². The van der Waals surface area contributed by atoms with E-state index in [4.69, 9.17) is 9.15 Å². The topological polar surface area (TPSA) is 54.7 Å². The van der Waals surface area contributed by atoms with Crippen LogP contribution in [-0.2, 0) is 26.1 Å². The van der Waals surface area contributed by atoms with Crippen LogP contribution in [0.25, 0.3) is 0 Å². The van der Waals surface area contributed by atoms with Gasteiger partial charge in [-0.15, -0.1) is 0 Å². The summed E-state index contributed by atoms with van der Waals surface area (Å²) in [5.41, 5.74) is 4.08. The maximum atomic E-state index is 13.1. The molecule has 1 heterocycles. The molecule has 5 nitrogen and oxygen atoms in total. The SMILES string of the molecule is CCc1ccc(NC(=O)N(Cc2cccc(OCc3ccccc3)c2)Cc2ccco2)cc1. The Bertz CT molecular complexity index is 1140. The van der Waals surface area contributed by atoms with Gasteiger partial charge in [0, 0.05) is 12.2 Å². The van der Waals surface area contributed by atoms with Crippen molar-refractivity contribution in [2.24, 2.45) is 0 Å². The zero-order valence-electron chi connectivity index (χ0n) is 18.7. The number of carbonyl (C=O) groups excluding carboxylic acids is 1. The van der Waals surface area contributed by atoms with Gasteiger partial charge in [-0.25, -0.2) is 4.79 Å². The summed E-state index contributed by atoms with van der Waals surface area (Å²) in [5.74, 6) is 1.49. The minimum Gasteiger partial charge on any atom is -0.489 e. The fourth-order valence-electron chi connectivity index (χ4n) is 3.51. The maximum absolute atomic E-state index is 13.1. The molecule has 0 aliphatic heterocycles. The largest absolute Gasteiger partial charge is 0.489 e. The molecule has 0 aliphatic rings. The van der Waals surface area contributed by atoms with Crippen LogP contribution in [0.15, 0.2) is 102 Å². The number of carbonyl (C=O) groups is 1. The predicted octanol–water partition coefficient (Wildman–Crippen LogP) is 6.66. The van der Waals surface area contributed by atoms with E-state index >= 15 is 0 Å². The standard InChI is InChI=1S/C28H28N2O3/c1-2-22-13-15-25(16-14-22)29-28(31)30(20-27-12-7-17-32-27)19-24-10-6-11-26(18-24)33-21-23-8-4-3-5-9-23/h3-18H,2,19-21H2,1H3,(H,29,31). The summed E-state index contributed by atoms with van der Waals surface area (Å²) < 4.78 is 11.5. The fourth-order valence-corrected chi connectivity index (χ4v) is 3.51. The molecule has 0 fully saturated rings. The van der Waals surface area contributed by atoms with Gasteiger partial charge in [0.2, 0.25) is 0 Å². The third-order valence-corrected chi connectivity index (χ3v) is 5.35. The minimum atomic E-state index is -0.189. The molecule has 0 saturated heterocycles. The van der Waals surface area contributed by atoms with Gasteiger partial charge < -0.3 is 19.4 Å². The van der Waals surface area contributed by atoms with E-state index < -0.39 is 0 Å². The fraction of sp³-hybridized carbons (Fsp3) is 0.179. The van der Waals surface area contributed by atoms with Crippen LogP contribution in [0.1, 0.15) is 29.4 Å². The van der Waals surface area contributed by atoms with E-state index in [9.17, 15) is 4.79 Å². The van der Waals surface area contributed by atoms with Crippen molar-refractivity contribution in [1.29, 1.82) is 0 Å². The highest BCUT2D eigenvalue weighted by molar-refractivity contribution is 5.89. The second-order valence-corrected chi connectivity index (χ2v) is 7.84. The number of hydrogen-bond donors (Lipinski definition) is 1. The summed E-state index contributed by atoms with van der Waals surface area (Å²) in [5, 5.41) is 3.00. The molecule has 0 saturated carbocycles. The number of anilines is 1. The summed E-state index contributed by atoms with van der Waals surface area (Å²) in [6.45, 7) is 3.38. The van der Waals surface area contributed by atoms with E-state index in [2.05, 4.69) is 12.2 Å². The van der Waals surface area contributed by atoms with Gasteiger partial charge in [-0.3, -0.25) is 0 Å². The van der Waals surface area contributed by atoms with Crippen LogP contribution in [-0.4, -0.2) is 10.9 Å². The molecule has 0 atom stereocenters. The average molecular weight is 441 g/mol. The van der Waals surface area contributed by atoms with Gasteiger partial charge in [-0.2, -0.15) is 0 Å². The average Bonchev–Trinajstić information content (AvgIpc) is 3.37. The number of aryl methyl sites for hydroxylation is 1. The molecule has 4 rings (SSSR count). The summed E-state index contributed by atoms with van der Waals surface area (Å²) in [6, 6.07) is 29.3. The van der Waals surface area contributed by atoms with Gasteiger partial charge >= 0.3 is 6.03 Å².